The van der Waals surface area contributed by atoms with Gasteiger partial charge in [-0.2, -0.15) is 0 Å². The number of rotatable bonds is 11. The van der Waals surface area contributed by atoms with E-state index in [2.05, 4.69) is 47.9 Å². The van der Waals surface area contributed by atoms with Crippen LogP contribution >= 0.6 is 0 Å². The van der Waals surface area contributed by atoms with Crippen molar-refractivity contribution < 1.29 is 4.79 Å². The molecule has 0 spiro atoms. The Hall–Kier alpha value is -1.56. The van der Waals surface area contributed by atoms with Gasteiger partial charge in [0, 0.05) is 26.7 Å². The zero-order chi connectivity index (χ0) is 17.7. The van der Waals surface area contributed by atoms with E-state index in [0.717, 1.165) is 32.5 Å². The van der Waals surface area contributed by atoms with Crippen molar-refractivity contribution in [1.82, 2.24) is 20.4 Å². The lowest BCUT2D eigenvalue weighted by Gasteiger charge is -2.21. The van der Waals surface area contributed by atoms with Crippen LogP contribution in [0.4, 0.5) is 0 Å². The first-order valence-corrected chi connectivity index (χ1v) is 8.52. The number of carbonyl (C=O) groups is 1. The molecule has 0 bridgehead atoms. The maximum Gasteiger partial charge on any atom is 0.243 e. The highest BCUT2D eigenvalue weighted by molar-refractivity contribution is 5.84. The van der Waals surface area contributed by atoms with Crippen LogP contribution in [0.3, 0.4) is 0 Å². The van der Waals surface area contributed by atoms with Crippen LogP contribution in [0.1, 0.15) is 33.6 Å². The number of guanidine groups is 1. The lowest BCUT2D eigenvalue weighted by molar-refractivity contribution is -0.127. The van der Waals surface area contributed by atoms with Gasteiger partial charge < -0.3 is 20.4 Å². The minimum Gasteiger partial charge on any atom is -0.354 e. The molecule has 0 saturated heterocycles. The van der Waals surface area contributed by atoms with Crippen molar-refractivity contribution in [3.8, 4) is 0 Å². The van der Waals surface area contributed by atoms with E-state index in [4.69, 9.17) is 0 Å². The van der Waals surface area contributed by atoms with Crippen molar-refractivity contribution in [2.75, 3.05) is 46.8 Å². The Balaban J connectivity index is 4.37. The van der Waals surface area contributed by atoms with E-state index in [1.54, 1.807) is 25.1 Å². The van der Waals surface area contributed by atoms with Gasteiger partial charge in [0.25, 0.3) is 0 Å². The first kappa shape index (κ1) is 21.4. The van der Waals surface area contributed by atoms with Crippen LogP contribution in [-0.2, 0) is 4.79 Å². The highest BCUT2D eigenvalue weighted by Gasteiger charge is 2.08. The number of hydrogen-bond acceptors (Lipinski definition) is 3. The number of amides is 1. The van der Waals surface area contributed by atoms with E-state index in [-0.39, 0.29) is 12.5 Å². The highest BCUT2D eigenvalue weighted by Crippen LogP contribution is 1.99. The van der Waals surface area contributed by atoms with Gasteiger partial charge in [-0.15, -0.1) is 6.58 Å². The fourth-order valence-corrected chi connectivity index (χ4v) is 2.08. The molecule has 6 nitrogen and oxygen atoms in total. The summed E-state index contributed by atoms with van der Waals surface area (Å²) in [6.45, 7) is 14.3. The van der Waals surface area contributed by atoms with Crippen molar-refractivity contribution >= 4 is 11.9 Å². The number of aliphatic imine (C=N–C) groups is 1. The van der Waals surface area contributed by atoms with E-state index in [0.29, 0.717) is 18.5 Å². The maximum atomic E-state index is 11.7. The number of likely N-dealkylation sites (N-methyl/N-ethyl adjacent to an activating group) is 1. The quantitative estimate of drug-likeness (QED) is 0.342. The molecule has 0 aliphatic carbocycles. The van der Waals surface area contributed by atoms with Crippen LogP contribution in [0.2, 0.25) is 0 Å². The lowest BCUT2D eigenvalue weighted by Crippen LogP contribution is -2.43. The molecule has 0 saturated carbocycles. The van der Waals surface area contributed by atoms with Gasteiger partial charge in [-0.1, -0.05) is 19.9 Å². The summed E-state index contributed by atoms with van der Waals surface area (Å²) in [7, 11) is 3.47. The number of nitrogens with one attached hydrogen (secondary N) is 2. The van der Waals surface area contributed by atoms with E-state index in [1.165, 1.54) is 0 Å². The average Bonchev–Trinajstić information content (AvgIpc) is 2.53. The lowest BCUT2D eigenvalue weighted by atomic mass is 10.2. The van der Waals surface area contributed by atoms with Gasteiger partial charge in [0.1, 0.15) is 6.54 Å². The average molecular weight is 326 g/mol. The SMILES string of the molecule is C=CCNC(=NCC(=O)N(C)C)NC(C)CCCN(CC)CC. The molecular formula is C17H35N5O. The Morgan fingerprint density at radius 3 is 2.48 bits per heavy atom. The molecule has 0 fully saturated rings. The number of nitrogens with zero attached hydrogens (tertiary/aromatic N) is 3. The molecule has 0 aromatic carbocycles. The molecule has 0 aromatic rings. The van der Waals surface area contributed by atoms with Crippen molar-refractivity contribution in [2.45, 2.75) is 39.7 Å². The van der Waals surface area contributed by atoms with Gasteiger partial charge in [0.05, 0.1) is 0 Å². The maximum absolute atomic E-state index is 11.7. The molecule has 0 aliphatic heterocycles. The first-order valence-electron chi connectivity index (χ1n) is 8.52. The molecule has 1 unspecified atom stereocenters. The third-order valence-corrected chi connectivity index (χ3v) is 3.67. The minimum absolute atomic E-state index is 0.0149. The van der Waals surface area contributed by atoms with Crippen LogP contribution in [0.25, 0.3) is 0 Å². The fourth-order valence-electron chi connectivity index (χ4n) is 2.08. The van der Waals surface area contributed by atoms with Gasteiger partial charge in [0.15, 0.2) is 5.96 Å². The molecule has 2 N–H and O–H groups in total. The van der Waals surface area contributed by atoms with Crippen LogP contribution < -0.4 is 10.6 Å². The van der Waals surface area contributed by atoms with Crippen LogP contribution in [-0.4, -0.2) is 74.5 Å². The molecule has 23 heavy (non-hydrogen) atoms. The van der Waals surface area contributed by atoms with Gasteiger partial charge >= 0.3 is 0 Å². The summed E-state index contributed by atoms with van der Waals surface area (Å²) in [5, 5.41) is 6.51. The molecule has 0 aliphatic rings. The Morgan fingerprint density at radius 1 is 1.30 bits per heavy atom. The van der Waals surface area contributed by atoms with Gasteiger partial charge in [-0.3, -0.25) is 4.79 Å². The summed E-state index contributed by atoms with van der Waals surface area (Å²) in [6.07, 6.45) is 3.98. The van der Waals surface area contributed by atoms with Gasteiger partial charge in [-0.05, 0) is 39.4 Å². The third kappa shape index (κ3) is 10.7. The fraction of sp³-hybridized carbons (Fsp3) is 0.765. The van der Waals surface area contributed by atoms with Crippen LogP contribution in [0.5, 0.6) is 0 Å². The zero-order valence-corrected chi connectivity index (χ0v) is 15.6. The molecule has 6 heteroatoms. The second-order valence-electron chi connectivity index (χ2n) is 5.84. The summed E-state index contributed by atoms with van der Waals surface area (Å²) in [6, 6.07) is 0.302. The molecule has 134 valence electrons. The van der Waals surface area contributed by atoms with Crippen molar-refractivity contribution in [3.63, 3.8) is 0 Å². The summed E-state index contributed by atoms with van der Waals surface area (Å²) in [5.74, 6) is 0.648. The monoisotopic (exact) mass is 325 g/mol. The summed E-state index contributed by atoms with van der Waals surface area (Å²) in [4.78, 5) is 20.0. The van der Waals surface area contributed by atoms with E-state index in [9.17, 15) is 4.79 Å². The van der Waals surface area contributed by atoms with Gasteiger partial charge in [0.2, 0.25) is 5.91 Å². The molecule has 1 amide bonds. The third-order valence-electron chi connectivity index (χ3n) is 3.67. The first-order chi connectivity index (χ1) is 10.9. The molecule has 1 atom stereocenters. The Labute approximate surface area is 142 Å². The van der Waals surface area contributed by atoms with E-state index in [1.807, 2.05) is 0 Å². The molecule has 0 aromatic heterocycles. The standard InChI is InChI=1S/C17H35N5O/c1-7-12-18-17(19-14-16(23)21(5)6)20-15(4)11-10-13-22(8-2)9-3/h7,15H,1,8-14H2,2-6H3,(H2,18,19,20). The Kier molecular flexibility index (Phi) is 12.1. The normalized spacial score (nSPS) is 12.9. The van der Waals surface area contributed by atoms with Crippen molar-refractivity contribution in [1.29, 1.82) is 0 Å². The smallest absolute Gasteiger partial charge is 0.243 e. The van der Waals surface area contributed by atoms with Gasteiger partial charge in [-0.25, -0.2) is 4.99 Å². The highest BCUT2D eigenvalue weighted by atomic mass is 16.2. The predicted molar refractivity (Wildman–Crippen MR) is 98.8 cm³/mol. The van der Waals surface area contributed by atoms with Crippen LogP contribution in [0, 0.1) is 0 Å². The summed E-state index contributed by atoms with van der Waals surface area (Å²) >= 11 is 0. The predicted octanol–water partition coefficient (Wildman–Crippen LogP) is 1.31. The topological polar surface area (TPSA) is 60.0 Å². The Bertz CT molecular complexity index is 364. The van der Waals surface area contributed by atoms with Crippen LogP contribution in [0.15, 0.2) is 17.6 Å². The molecule has 0 heterocycles. The summed E-state index contributed by atoms with van der Waals surface area (Å²) in [5.41, 5.74) is 0. The zero-order valence-electron chi connectivity index (χ0n) is 15.6. The second kappa shape index (κ2) is 12.9. The summed E-state index contributed by atoms with van der Waals surface area (Å²) < 4.78 is 0. The molecule has 0 radical (unpaired) electrons. The molecule has 0 rings (SSSR count). The molecular weight excluding hydrogens is 290 g/mol. The largest absolute Gasteiger partial charge is 0.354 e. The van der Waals surface area contributed by atoms with E-state index >= 15 is 0 Å². The minimum atomic E-state index is -0.0149. The Morgan fingerprint density at radius 2 is 1.96 bits per heavy atom. The number of hydrogen-bond donors (Lipinski definition) is 2. The van der Waals surface area contributed by atoms with Crippen molar-refractivity contribution in [2.24, 2.45) is 4.99 Å². The number of carbonyl (C=O) groups excluding carboxylic acids is 1. The van der Waals surface area contributed by atoms with E-state index < -0.39 is 0 Å². The van der Waals surface area contributed by atoms with Crippen molar-refractivity contribution in [3.05, 3.63) is 12.7 Å². The second-order valence-corrected chi connectivity index (χ2v) is 5.84.